The summed E-state index contributed by atoms with van der Waals surface area (Å²) in [6, 6.07) is 6.76. The second-order valence-electron chi connectivity index (χ2n) is 7.26. The van der Waals surface area contributed by atoms with Crippen molar-refractivity contribution >= 4 is 41.5 Å². The molecule has 0 unspecified atom stereocenters. The van der Waals surface area contributed by atoms with E-state index >= 15 is 0 Å². The molecule has 0 bridgehead atoms. The van der Waals surface area contributed by atoms with Gasteiger partial charge in [0.05, 0.1) is 0 Å². The molecule has 2 N–H and O–H groups in total. The predicted molar refractivity (Wildman–Crippen MR) is 114 cm³/mol. The minimum atomic E-state index is -0.463. The van der Waals surface area contributed by atoms with Crippen LogP contribution in [0.3, 0.4) is 0 Å². The Bertz CT molecular complexity index is 863. The van der Waals surface area contributed by atoms with Gasteiger partial charge in [0.25, 0.3) is 11.8 Å². The molecular formula is C20H23Cl2N5O2. The second-order valence-corrected chi connectivity index (χ2v) is 7.70. The van der Waals surface area contributed by atoms with Crippen molar-refractivity contribution in [2.45, 2.75) is 12.8 Å². The fourth-order valence-corrected chi connectivity index (χ4v) is 4.08. The van der Waals surface area contributed by atoms with Gasteiger partial charge in [0.15, 0.2) is 11.4 Å². The zero-order valence-corrected chi connectivity index (χ0v) is 17.4. The number of aromatic nitrogens is 2. The molecule has 0 spiro atoms. The number of likely N-dealkylation sites (tertiary alicyclic amines) is 1. The van der Waals surface area contributed by atoms with Crippen LogP contribution in [-0.4, -0.2) is 52.9 Å². The van der Waals surface area contributed by atoms with Gasteiger partial charge in [-0.2, -0.15) is 0 Å². The van der Waals surface area contributed by atoms with Gasteiger partial charge in [-0.05, 0) is 62.0 Å². The van der Waals surface area contributed by atoms with Crippen LogP contribution in [-0.2, 0) is 0 Å². The van der Waals surface area contributed by atoms with E-state index in [1.807, 2.05) is 0 Å². The van der Waals surface area contributed by atoms with Gasteiger partial charge in [-0.15, -0.1) is 12.4 Å². The average molecular weight is 436 g/mol. The van der Waals surface area contributed by atoms with Crippen molar-refractivity contribution in [3.05, 3.63) is 53.1 Å². The standard InChI is InChI=1S/C20H22ClN5O2.ClH/c21-15-1-3-16(4-2-15)25-19(27)17-18(24-8-7-23-17)20(28)26-9-5-13-11-22-12-14(13)6-10-26;/h1-4,7-8,13-14,22H,5-6,9-12H2,(H,25,27);1H/t13-,14+;. The first kappa shape index (κ1) is 21.5. The maximum Gasteiger partial charge on any atom is 0.276 e. The molecule has 0 saturated carbocycles. The Morgan fingerprint density at radius 3 is 2.21 bits per heavy atom. The molecule has 2 aliphatic rings. The van der Waals surface area contributed by atoms with E-state index in [-0.39, 0.29) is 29.7 Å². The second kappa shape index (κ2) is 9.52. The van der Waals surface area contributed by atoms with Crippen molar-refractivity contribution in [2.24, 2.45) is 11.8 Å². The summed E-state index contributed by atoms with van der Waals surface area (Å²) in [5.74, 6) is 0.539. The number of benzene rings is 1. The van der Waals surface area contributed by atoms with Gasteiger partial charge >= 0.3 is 0 Å². The maximum atomic E-state index is 13.1. The van der Waals surface area contributed by atoms with Crippen LogP contribution in [0.15, 0.2) is 36.7 Å². The molecule has 2 aromatic rings. The molecule has 2 fully saturated rings. The predicted octanol–water partition coefficient (Wildman–Crippen LogP) is 2.88. The molecule has 2 atom stereocenters. The molecule has 7 nitrogen and oxygen atoms in total. The number of nitrogens with zero attached hydrogens (tertiary/aromatic N) is 3. The molecule has 2 saturated heterocycles. The lowest BCUT2D eigenvalue weighted by molar-refractivity contribution is 0.0746. The van der Waals surface area contributed by atoms with Crippen molar-refractivity contribution in [2.75, 3.05) is 31.5 Å². The largest absolute Gasteiger partial charge is 0.337 e. The molecule has 4 rings (SSSR count). The molecule has 2 aliphatic heterocycles. The van der Waals surface area contributed by atoms with Crippen LogP contribution in [0.25, 0.3) is 0 Å². The molecule has 0 radical (unpaired) electrons. The van der Waals surface area contributed by atoms with Gasteiger partial charge in [-0.3, -0.25) is 9.59 Å². The Labute approximate surface area is 180 Å². The Balaban J connectivity index is 0.00000240. The first-order valence-corrected chi connectivity index (χ1v) is 9.87. The SMILES string of the molecule is Cl.O=C(Nc1ccc(Cl)cc1)c1nccnc1C(=O)N1CC[C@@H]2CNC[C@@H]2CC1. The van der Waals surface area contributed by atoms with Crippen molar-refractivity contribution < 1.29 is 9.59 Å². The molecule has 1 aromatic heterocycles. The van der Waals surface area contributed by atoms with Crippen LogP contribution in [0.1, 0.15) is 33.8 Å². The van der Waals surface area contributed by atoms with Crippen LogP contribution in [0.5, 0.6) is 0 Å². The molecule has 3 heterocycles. The summed E-state index contributed by atoms with van der Waals surface area (Å²) in [7, 11) is 0. The summed E-state index contributed by atoms with van der Waals surface area (Å²) in [4.78, 5) is 35.9. The topological polar surface area (TPSA) is 87.2 Å². The minimum Gasteiger partial charge on any atom is -0.337 e. The third kappa shape index (κ3) is 4.86. The normalized spacial score (nSPS) is 20.9. The zero-order valence-electron chi connectivity index (χ0n) is 15.8. The van der Waals surface area contributed by atoms with E-state index in [0.29, 0.717) is 35.6 Å². The third-order valence-corrected chi connectivity index (χ3v) is 5.78. The van der Waals surface area contributed by atoms with Crippen LogP contribution < -0.4 is 10.6 Å². The Kier molecular flexibility index (Phi) is 7.05. The van der Waals surface area contributed by atoms with Gasteiger partial charge < -0.3 is 15.5 Å². The summed E-state index contributed by atoms with van der Waals surface area (Å²) >= 11 is 5.88. The number of carbonyl (C=O) groups excluding carboxylic acids is 2. The molecule has 1 aromatic carbocycles. The summed E-state index contributed by atoms with van der Waals surface area (Å²) in [5.41, 5.74) is 0.709. The highest BCUT2D eigenvalue weighted by atomic mass is 35.5. The van der Waals surface area contributed by atoms with Gasteiger partial charge in [0.2, 0.25) is 0 Å². The van der Waals surface area contributed by atoms with E-state index in [2.05, 4.69) is 20.6 Å². The maximum absolute atomic E-state index is 13.1. The number of carbonyl (C=O) groups is 2. The van der Waals surface area contributed by atoms with E-state index in [9.17, 15) is 9.59 Å². The summed E-state index contributed by atoms with van der Waals surface area (Å²) in [5, 5.41) is 6.76. The monoisotopic (exact) mass is 435 g/mol. The van der Waals surface area contributed by atoms with Crippen molar-refractivity contribution in [3.63, 3.8) is 0 Å². The molecule has 2 amide bonds. The fraction of sp³-hybridized carbons (Fsp3) is 0.400. The van der Waals surface area contributed by atoms with Gasteiger partial charge in [-0.25, -0.2) is 9.97 Å². The third-order valence-electron chi connectivity index (χ3n) is 5.52. The van der Waals surface area contributed by atoms with Crippen molar-refractivity contribution in [1.82, 2.24) is 20.2 Å². The minimum absolute atomic E-state index is 0. The number of halogens is 2. The van der Waals surface area contributed by atoms with Gasteiger partial charge in [-0.1, -0.05) is 11.6 Å². The Morgan fingerprint density at radius 2 is 1.59 bits per heavy atom. The molecule has 0 aliphatic carbocycles. The zero-order chi connectivity index (χ0) is 19.5. The molecule has 29 heavy (non-hydrogen) atoms. The lowest BCUT2D eigenvalue weighted by Gasteiger charge is -2.21. The summed E-state index contributed by atoms with van der Waals surface area (Å²) in [6.45, 7) is 3.40. The number of hydrogen-bond donors (Lipinski definition) is 2. The summed E-state index contributed by atoms with van der Waals surface area (Å²) < 4.78 is 0. The lowest BCUT2D eigenvalue weighted by atomic mass is 9.92. The molecule has 9 heteroatoms. The fourth-order valence-electron chi connectivity index (χ4n) is 3.96. The number of rotatable bonds is 3. The van der Waals surface area contributed by atoms with Crippen LogP contribution >= 0.6 is 24.0 Å². The number of fused-ring (bicyclic) bond motifs is 1. The number of nitrogens with one attached hydrogen (secondary N) is 2. The van der Waals surface area contributed by atoms with E-state index in [0.717, 1.165) is 25.9 Å². The Morgan fingerprint density at radius 1 is 1.00 bits per heavy atom. The van der Waals surface area contributed by atoms with Gasteiger partial charge in [0.1, 0.15) is 0 Å². The Hall–Kier alpha value is -2.22. The highest BCUT2D eigenvalue weighted by Gasteiger charge is 2.33. The quantitative estimate of drug-likeness (QED) is 0.773. The van der Waals surface area contributed by atoms with E-state index < -0.39 is 5.91 Å². The first-order valence-electron chi connectivity index (χ1n) is 9.50. The van der Waals surface area contributed by atoms with Gasteiger partial charge in [0, 0.05) is 36.2 Å². The summed E-state index contributed by atoms with van der Waals surface area (Å²) in [6.07, 6.45) is 4.81. The van der Waals surface area contributed by atoms with E-state index in [1.165, 1.54) is 12.4 Å². The van der Waals surface area contributed by atoms with Crippen molar-refractivity contribution in [1.29, 1.82) is 0 Å². The van der Waals surface area contributed by atoms with E-state index in [4.69, 9.17) is 11.6 Å². The van der Waals surface area contributed by atoms with Crippen LogP contribution in [0.4, 0.5) is 5.69 Å². The molecule has 154 valence electrons. The van der Waals surface area contributed by atoms with Crippen LogP contribution in [0.2, 0.25) is 5.02 Å². The highest BCUT2D eigenvalue weighted by Crippen LogP contribution is 2.27. The lowest BCUT2D eigenvalue weighted by Crippen LogP contribution is -2.35. The number of anilines is 1. The van der Waals surface area contributed by atoms with E-state index in [1.54, 1.807) is 29.2 Å². The molecular weight excluding hydrogens is 413 g/mol. The average Bonchev–Trinajstić information content (AvgIpc) is 3.07. The van der Waals surface area contributed by atoms with Crippen molar-refractivity contribution in [3.8, 4) is 0 Å². The first-order chi connectivity index (χ1) is 13.6. The highest BCUT2D eigenvalue weighted by molar-refractivity contribution is 6.30. The number of amides is 2. The smallest absolute Gasteiger partial charge is 0.276 e. The van der Waals surface area contributed by atoms with Crippen LogP contribution in [0, 0.1) is 11.8 Å². The number of hydrogen-bond acceptors (Lipinski definition) is 5.